The van der Waals surface area contributed by atoms with Crippen LogP contribution in [0.5, 0.6) is 0 Å². The van der Waals surface area contributed by atoms with Crippen LogP contribution < -0.4 is 5.73 Å². The Hall–Kier alpha value is -1.05. The van der Waals surface area contributed by atoms with E-state index in [1.165, 1.54) is 0 Å². The molecule has 0 radical (unpaired) electrons. The Labute approximate surface area is 72.0 Å². The van der Waals surface area contributed by atoms with Gasteiger partial charge in [0.2, 0.25) is 0 Å². The molecule has 0 bridgehead atoms. The molecule has 0 atom stereocenters. The number of hydrogen-bond acceptors (Lipinski definition) is 4. The van der Waals surface area contributed by atoms with Gasteiger partial charge in [-0.05, 0) is 0 Å². The molecule has 56 valence electrons. The summed E-state index contributed by atoms with van der Waals surface area (Å²) in [6.45, 7) is 0. The average molecular weight is 187 g/mol. The zero-order chi connectivity index (χ0) is 8.43. The molecule has 0 aliphatic heterocycles. The highest BCUT2D eigenvalue weighted by molar-refractivity contribution is 7.17. The van der Waals surface area contributed by atoms with Gasteiger partial charge in [0.25, 0.3) is 0 Å². The Bertz CT molecular complexity index is 339. The third kappa shape index (κ3) is 1.20. The zero-order valence-electron chi connectivity index (χ0n) is 5.30. The highest BCUT2D eigenvalue weighted by Crippen LogP contribution is 2.32. The van der Waals surface area contributed by atoms with Crippen molar-refractivity contribution in [3.63, 3.8) is 0 Å². The lowest BCUT2D eigenvalue weighted by Crippen LogP contribution is -1.85. The summed E-state index contributed by atoms with van der Waals surface area (Å²) in [5.74, 6) is 0. The summed E-state index contributed by atoms with van der Waals surface area (Å²) in [6, 6.07) is 1.84. The van der Waals surface area contributed by atoms with E-state index in [1.807, 2.05) is 6.07 Å². The minimum Gasteiger partial charge on any atom is -0.390 e. The summed E-state index contributed by atoms with van der Waals surface area (Å²) in [5.41, 5.74) is 5.60. The lowest BCUT2D eigenvalue weighted by atomic mass is 10.3. The third-order valence-corrected chi connectivity index (χ3v) is 2.58. The van der Waals surface area contributed by atoms with Crippen LogP contribution in [0.25, 0.3) is 0 Å². The second-order valence-corrected chi connectivity index (χ2v) is 3.18. The Kier molecular flexibility index (Phi) is 2.13. The van der Waals surface area contributed by atoms with Gasteiger partial charge in [-0.15, -0.1) is 11.3 Å². The van der Waals surface area contributed by atoms with Gasteiger partial charge in [0.15, 0.2) is 6.29 Å². The second kappa shape index (κ2) is 2.91. The lowest BCUT2D eigenvalue weighted by molar-refractivity contribution is 0.112. The summed E-state index contributed by atoms with van der Waals surface area (Å²) < 4.78 is 0. The van der Waals surface area contributed by atoms with Crippen molar-refractivity contribution in [2.45, 2.75) is 0 Å². The van der Waals surface area contributed by atoms with Gasteiger partial charge < -0.3 is 5.73 Å². The zero-order valence-corrected chi connectivity index (χ0v) is 6.87. The molecule has 0 unspecified atom stereocenters. The predicted octanol–water partition coefficient (Wildman–Crippen LogP) is 1.67. The first-order valence-corrected chi connectivity index (χ1v) is 3.83. The molecule has 1 aromatic heterocycles. The van der Waals surface area contributed by atoms with E-state index < -0.39 is 0 Å². The third-order valence-electron chi connectivity index (χ3n) is 1.13. The molecule has 11 heavy (non-hydrogen) atoms. The number of carbonyl (C=O) groups is 1. The molecule has 0 aliphatic carbocycles. The first kappa shape index (κ1) is 8.05. The van der Waals surface area contributed by atoms with E-state index in [4.69, 9.17) is 22.6 Å². The number of nitrogen functional groups attached to an aromatic ring is 1. The van der Waals surface area contributed by atoms with E-state index in [9.17, 15) is 4.79 Å². The minimum atomic E-state index is 0.157. The number of rotatable bonds is 1. The Balaban J connectivity index is 3.39. The summed E-state index contributed by atoms with van der Waals surface area (Å²) in [7, 11) is 0. The fourth-order valence-corrected chi connectivity index (χ4v) is 1.71. The molecule has 2 N–H and O–H groups in total. The van der Waals surface area contributed by atoms with Crippen molar-refractivity contribution in [1.82, 2.24) is 0 Å². The molecule has 0 saturated carbocycles. The number of halogens is 1. The van der Waals surface area contributed by atoms with Crippen LogP contribution in [-0.4, -0.2) is 6.29 Å². The minimum absolute atomic E-state index is 0.157. The number of thiophene rings is 1. The Morgan fingerprint density at radius 3 is 2.64 bits per heavy atom. The lowest BCUT2D eigenvalue weighted by Gasteiger charge is -1.84. The van der Waals surface area contributed by atoms with Crippen LogP contribution in [-0.2, 0) is 0 Å². The van der Waals surface area contributed by atoms with Crippen molar-refractivity contribution in [1.29, 1.82) is 5.26 Å². The van der Waals surface area contributed by atoms with Gasteiger partial charge in [0.1, 0.15) is 10.9 Å². The first-order valence-electron chi connectivity index (χ1n) is 2.63. The normalized spacial score (nSPS) is 9.09. The van der Waals surface area contributed by atoms with E-state index in [2.05, 4.69) is 0 Å². The molecule has 0 amide bonds. The highest BCUT2D eigenvalue weighted by Gasteiger charge is 2.12. The van der Waals surface area contributed by atoms with Crippen LogP contribution in [0.4, 0.5) is 5.00 Å². The number of nitrogens with zero attached hydrogens (tertiary/aromatic N) is 1. The van der Waals surface area contributed by atoms with E-state index in [1.54, 1.807) is 0 Å². The maximum Gasteiger partial charge on any atom is 0.154 e. The largest absolute Gasteiger partial charge is 0.390 e. The van der Waals surface area contributed by atoms with Gasteiger partial charge in [-0.1, -0.05) is 11.6 Å². The summed E-state index contributed by atoms with van der Waals surface area (Å²) in [4.78, 5) is 10.6. The molecule has 0 aliphatic rings. The van der Waals surface area contributed by atoms with E-state index >= 15 is 0 Å². The van der Waals surface area contributed by atoms with Crippen molar-refractivity contribution in [3.8, 4) is 6.07 Å². The smallest absolute Gasteiger partial charge is 0.154 e. The molecule has 1 heterocycles. The molecule has 1 rings (SSSR count). The average Bonchev–Trinajstić information content (AvgIpc) is 2.26. The number of aldehydes is 1. The summed E-state index contributed by atoms with van der Waals surface area (Å²) in [5, 5.41) is 8.91. The van der Waals surface area contributed by atoms with Crippen molar-refractivity contribution in [2.24, 2.45) is 0 Å². The van der Waals surface area contributed by atoms with Crippen LogP contribution >= 0.6 is 22.9 Å². The van der Waals surface area contributed by atoms with Crippen LogP contribution in [0.2, 0.25) is 5.02 Å². The first-order chi connectivity index (χ1) is 5.20. The van der Waals surface area contributed by atoms with E-state index in [0.717, 1.165) is 11.3 Å². The molecule has 0 aromatic carbocycles. The van der Waals surface area contributed by atoms with Crippen molar-refractivity contribution in [3.05, 3.63) is 15.5 Å². The van der Waals surface area contributed by atoms with Gasteiger partial charge in [-0.25, -0.2) is 0 Å². The topological polar surface area (TPSA) is 66.9 Å². The van der Waals surface area contributed by atoms with Crippen LogP contribution in [0.1, 0.15) is 15.2 Å². The highest BCUT2D eigenvalue weighted by atomic mass is 35.5. The second-order valence-electron chi connectivity index (χ2n) is 1.75. The van der Waals surface area contributed by atoms with Crippen molar-refractivity contribution >= 4 is 34.2 Å². The molecule has 0 fully saturated rings. The quantitative estimate of drug-likeness (QED) is 0.679. The molecule has 5 heteroatoms. The van der Waals surface area contributed by atoms with Gasteiger partial charge >= 0.3 is 0 Å². The number of nitrogens with two attached hydrogens (primary N) is 1. The number of nitriles is 1. The molecule has 1 aromatic rings. The van der Waals surface area contributed by atoms with E-state index in [-0.39, 0.29) is 15.5 Å². The standard InChI is InChI=1S/C6H3ClN2OS/c7-5-3(2-10)6(9)11-4(5)1-8/h2H,9H2. The van der Waals surface area contributed by atoms with Gasteiger partial charge in [0, 0.05) is 0 Å². The Morgan fingerprint density at radius 1 is 1.73 bits per heavy atom. The molecule has 0 spiro atoms. The van der Waals surface area contributed by atoms with Gasteiger partial charge in [0.05, 0.1) is 15.6 Å². The molecule has 0 saturated heterocycles. The van der Waals surface area contributed by atoms with Gasteiger partial charge in [-0.3, -0.25) is 4.79 Å². The van der Waals surface area contributed by atoms with Crippen molar-refractivity contribution < 1.29 is 4.79 Å². The number of carbonyl (C=O) groups excluding carboxylic acids is 1. The van der Waals surface area contributed by atoms with Crippen molar-refractivity contribution in [2.75, 3.05) is 5.73 Å². The maximum absolute atomic E-state index is 10.3. The molecular weight excluding hydrogens is 184 g/mol. The monoisotopic (exact) mass is 186 g/mol. The van der Waals surface area contributed by atoms with Crippen LogP contribution in [0.3, 0.4) is 0 Å². The number of anilines is 1. The predicted molar refractivity (Wildman–Crippen MR) is 43.8 cm³/mol. The molecular formula is C6H3ClN2OS. The van der Waals surface area contributed by atoms with Crippen LogP contribution in [0.15, 0.2) is 0 Å². The van der Waals surface area contributed by atoms with Crippen LogP contribution in [0, 0.1) is 11.3 Å². The summed E-state index contributed by atoms with van der Waals surface area (Å²) >= 11 is 6.63. The Morgan fingerprint density at radius 2 is 2.36 bits per heavy atom. The summed E-state index contributed by atoms with van der Waals surface area (Å²) in [6.07, 6.45) is 0.551. The molecule has 3 nitrogen and oxygen atoms in total. The van der Waals surface area contributed by atoms with Gasteiger partial charge in [-0.2, -0.15) is 5.26 Å². The fourth-order valence-electron chi connectivity index (χ4n) is 0.622. The number of hydrogen-bond donors (Lipinski definition) is 1. The SMILES string of the molecule is N#Cc1sc(N)c(C=O)c1Cl. The fraction of sp³-hybridized carbons (Fsp3) is 0. The maximum atomic E-state index is 10.3. The van der Waals surface area contributed by atoms with E-state index in [0.29, 0.717) is 11.3 Å².